The largest absolute Gasteiger partial charge is 0.368 e. The molecule has 0 aromatic heterocycles. The molecule has 0 saturated carbocycles. The Morgan fingerprint density at radius 1 is 1.29 bits per heavy atom. The zero-order chi connectivity index (χ0) is 12.7. The van der Waals surface area contributed by atoms with Crippen LogP contribution < -0.4 is 0 Å². The van der Waals surface area contributed by atoms with Crippen molar-refractivity contribution in [2.45, 2.75) is 51.6 Å². The van der Waals surface area contributed by atoms with Gasteiger partial charge in [0.1, 0.15) is 5.60 Å². The second-order valence-corrected chi connectivity index (χ2v) is 4.70. The van der Waals surface area contributed by atoms with E-state index in [0.717, 1.165) is 38.8 Å². The van der Waals surface area contributed by atoms with E-state index >= 15 is 0 Å². The summed E-state index contributed by atoms with van der Waals surface area (Å²) in [6, 6.07) is 0. The Morgan fingerprint density at radius 2 is 1.94 bits per heavy atom. The van der Waals surface area contributed by atoms with Crippen LogP contribution in [-0.4, -0.2) is 36.6 Å². The van der Waals surface area contributed by atoms with Crippen LogP contribution in [0.15, 0.2) is 12.2 Å². The Kier molecular flexibility index (Phi) is 5.69. The van der Waals surface area contributed by atoms with E-state index in [-0.39, 0.29) is 5.91 Å². The lowest BCUT2D eigenvalue weighted by Gasteiger charge is -2.37. The molecule has 0 bridgehead atoms. The van der Waals surface area contributed by atoms with Crippen molar-refractivity contribution in [2.24, 2.45) is 0 Å². The minimum Gasteiger partial charge on any atom is -0.368 e. The summed E-state index contributed by atoms with van der Waals surface area (Å²) in [5, 5.41) is 0. The fourth-order valence-corrected chi connectivity index (χ4v) is 2.42. The van der Waals surface area contributed by atoms with Gasteiger partial charge < -0.3 is 9.64 Å². The lowest BCUT2D eigenvalue weighted by molar-refractivity contribution is -0.156. The molecule has 0 radical (unpaired) electrons. The van der Waals surface area contributed by atoms with Crippen LogP contribution in [0.3, 0.4) is 0 Å². The summed E-state index contributed by atoms with van der Waals surface area (Å²) in [6.45, 7) is 5.88. The quantitative estimate of drug-likeness (QED) is 0.667. The van der Waals surface area contributed by atoms with Gasteiger partial charge in [-0.25, -0.2) is 0 Å². The Bertz CT molecular complexity index is 269. The van der Waals surface area contributed by atoms with Gasteiger partial charge >= 0.3 is 0 Å². The van der Waals surface area contributed by atoms with Gasteiger partial charge in [-0.2, -0.15) is 0 Å². The number of hydrogen-bond donors (Lipinski definition) is 0. The molecule has 0 spiro atoms. The van der Waals surface area contributed by atoms with Gasteiger partial charge in [-0.3, -0.25) is 4.79 Å². The Hall–Kier alpha value is -0.830. The molecule has 0 aliphatic heterocycles. The molecule has 1 rings (SSSR count). The zero-order valence-electron chi connectivity index (χ0n) is 11.4. The topological polar surface area (TPSA) is 29.5 Å². The van der Waals surface area contributed by atoms with E-state index in [1.807, 2.05) is 4.90 Å². The maximum atomic E-state index is 12.6. The van der Waals surface area contributed by atoms with Gasteiger partial charge in [0, 0.05) is 26.6 Å². The molecular formula is C14H25NO2. The first kappa shape index (κ1) is 14.2. The maximum Gasteiger partial charge on any atom is 0.255 e. The van der Waals surface area contributed by atoms with Gasteiger partial charge in [-0.05, 0) is 25.7 Å². The van der Waals surface area contributed by atoms with Crippen molar-refractivity contribution in [2.75, 3.05) is 20.2 Å². The van der Waals surface area contributed by atoms with Crippen LogP contribution in [0.1, 0.15) is 46.0 Å². The molecule has 1 unspecified atom stereocenters. The summed E-state index contributed by atoms with van der Waals surface area (Å²) in [4.78, 5) is 14.6. The highest BCUT2D eigenvalue weighted by Crippen LogP contribution is 2.29. The van der Waals surface area contributed by atoms with Gasteiger partial charge in [0.25, 0.3) is 5.91 Å². The highest BCUT2D eigenvalue weighted by atomic mass is 16.5. The summed E-state index contributed by atoms with van der Waals surface area (Å²) < 4.78 is 5.57. The minimum atomic E-state index is -0.598. The van der Waals surface area contributed by atoms with Crippen molar-refractivity contribution in [3.63, 3.8) is 0 Å². The number of methoxy groups -OCH3 is 1. The second-order valence-electron chi connectivity index (χ2n) is 4.70. The number of nitrogens with zero attached hydrogens (tertiary/aromatic N) is 1. The van der Waals surface area contributed by atoms with Crippen molar-refractivity contribution >= 4 is 5.91 Å². The third-order valence-corrected chi connectivity index (χ3v) is 3.38. The molecule has 0 aromatic carbocycles. The fraction of sp³-hybridized carbons (Fsp3) is 0.786. The highest BCUT2D eigenvalue weighted by molar-refractivity contribution is 5.85. The van der Waals surface area contributed by atoms with Crippen molar-refractivity contribution in [1.29, 1.82) is 0 Å². The Morgan fingerprint density at radius 3 is 2.35 bits per heavy atom. The summed E-state index contributed by atoms with van der Waals surface area (Å²) in [5.41, 5.74) is -0.598. The minimum absolute atomic E-state index is 0.174. The van der Waals surface area contributed by atoms with Gasteiger partial charge in [0.2, 0.25) is 0 Å². The second kappa shape index (κ2) is 6.80. The maximum absolute atomic E-state index is 12.6. The highest BCUT2D eigenvalue weighted by Gasteiger charge is 2.40. The van der Waals surface area contributed by atoms with E-state index in [1.54, 1.807) is 7.11 Å². The number of ether oxygens (including phenoxy) is 1. The van der Waals surface area contributed by atoms with Crippen molar-refractivity contribution < 1.29 is 9.53 Å². The van der Waals surface area contributed by atoms with Crippen LogP contribution in [0.4, 0.5) is 0 Å². The van der Waals surface area contributed by atoms with E-state index in [2.05, 4.69) is 26.0 Å². The predicted molar refractivity (Wildman–Crippen MR) is 69.9 cm³/mol. The molecule has 0 heterocycles. The lowest BCUT2D eigenvalue weighted by Crippen LogP contribution is -2.51. The lowest BCUT2D eigenvalue weighted by atomic mass is 9.87. The van der Waals surface area contributed by atoms with Crippen LogP contribution in [0.5, 0.6) is 0 Å². The van der Waals surface area contributed by atoms with E-state index in [4.69, 9.17) is 4.74 Å². The van der Waals surface area contributed by atoms with Crippen molar-refractivity contribution in [1.82, 2.24) is 4.90 Å². The molecule has 0 aromatic rings. The average Bonchev–Trinajstić information content (AvgIpc) is 2.38. The van der Waals surface area contributed by atoms with Crippen LogP contribution in [0.25, 0.3) is 0 Å². The summed E-state index contributed by atoms with van der Waals surface area (Å²) in [6.07, 6.45) is 8.67. The Labute approximate surface area is 105 Å². The van der Waals surface area contributed by atoms with E-state index in [1.165, 1.54) is 0 Å². The van der Waals surface area contributed by atoms with Crippen molar-refractivity contribution in [3.8, 4) is 0 Å². The zero-order valence-corrected chi connectivity index (χ0v) is 11.4. The molecule has 3 heteroatoms. The molecule has 1 atom stereocenters. The molecule has 3 nitrogen and oxygen atoms in total. The first-order valence-corrected chi connectivity index (χ1v) is 6.69. The van der Waals surface area contributed by atoms with Crippen LogP contribution in [-0.2, 0) is 9.53 Å². The van der Waals surface area contributed by atoms with E-state index in [0.29, 0.717) is 6.42 Å². The SMILES string of the molecule is CCCN(CCC)C(=O)C1(OC)CC=CCC1. The Balaban J connectivity index is 2.78. The normalized spacial score (nSPS) is 23.7. The molecule has 98 valence electrons. The molecule has 17 heavy (non-hydrogen) atoms. The molecular weight excluding hydrogens is 214 g/mol. The van der Waals surface area contributed by atoms with Crippen LogP contribution >= 0.6 is 0 Å². The molecule has 1 aliphatic carbocycles. The number of carbonyl (C=O) groups excluding carboxylic acids is 1. The van der Waals surface area contributed by atoms with Gasteiger partial charge in [0.15, 0.2) is 0 Å². The number of rotatable bonds is 6. The summed E-state index contributed by atoms with van der Waals surface area (Å²) in [7, 11) is 1.66. The monoisotopic (exact) mass is 239 g/mol. The molecule has 0 N–H and O–H groups in total. The standard InChI is InChI=1S/C14H25NO2/c1-4-11-15(12-5-2)13(16)14(17-3)9-7-6-8-10-14/h6-7H,4-5,8-12H2,1-3H3. The summed E-state index contributed by atoms with van der Waals surface area (Å²) >= 11 is 0. The smallest absolute Gasteiger partial charge is 0.255 e. The van der Waals surface area contributed by atoms with Crippen molar-refractivity contribution in [3.05, 3.63) is 12.2 Å². The van der Waals surface area contributed by atoms with Gasteiger partial charge in [0.05, 0.1) is 0 Å². The number of amides is 1. The van der Waals surface area contributed by atoms with Crippen LogP contribution in [0, 0.1) is 0 Å². The van der Waals surface area contributed by atoms with E-state index < -0.39 is 5.60 Å². The first-order chi connectivity index (χ1) is 8.20. The van der Waals surface area contributed by atoms with Crippen LogP contribution in [0.2, 0.25) is 0 Å². The number of hydrogen-bond acceptors (Lipinski definition) is 2. The molecule has 1 amide bonds. The third kappa shape index (κ3) is 3.32. The molecule has 0 saturated heterocycles. The molecule has 0 fully saturated rings. The van der Waals surface area contributed by atoms with Gasteiger partial charge in [-0.15, -0.1) is 0 Å². The molecule has 1 aliphatic rings. The summed E-state index contributed by atoms with van der Waals surface area (Å²) in [5.74, 6) is 0.174. The fourth-order valence-electron chi connectivity index (χ4n) is 2.42. The predicted octanol–water partition coefficient (Wildman–Crippen LogP) is 2.76. The first-order valence-electron chi connectivity index (χ1n) is 6.69. The van der Waals surface area contributed by atoms with Gasteiger partial charge in [-0.1, -0.05) is 26.0 Å². The van der Waals surface area contributed by atoms with E-state index in [9.17, 15) is 4.79 Å². The number of allylic oxidation sites excluding steroid dienone is 1. The average molecular weight is 239 g/mol. The number of carbonyl (C=O) groups is 1. The third-order valence-electron chi connectivity index (χ3n) is 3.38.